The molecule has 13 heavy (non-hydrogen) atoms. The molecule has 0 bridgehead atoms. The molecular weight excluding hydrogens is 168 g/mol. The zero-order chi connectivity index (χ0) is 10.0. The molecule has 5 atom stereocenters. The molecule has 1 aliphatic heterocycles. The van der Waals surface area contributed by atoms with E-state index in [1.807, 2.05) is 0 Å². The van der Waals surface area contributed by atoms with Crippen molar-refractivity contribution in [3.63, 3.8) is 0 Å². The van der Waals surface area contributed by atoms with E-state index in [2.05, 4.69) is 20.8 Å². The molecule has 0 saturated carbocycles. The molecule has 0 aliphatic carbocycles. The quantitative estimate of drug-likeness (QED) is 0.704. The van der Waals surface area contributed by atoms with Crippen LogP contribution in [0.1, 0.15) is 20.8 Å². The predicted molar refractivity (Wildman–Crippen MR) is 50.5 cm³/mol. The van der Waals surface area contributed by atoms with Crippen molar-refractivity contribution in [1.29, 1.82) is 0 Å². The molecule has 0 aromatic carbocycles. The molecule has 0 spiro atoms. The number of ether oxygens (including phenoxy) is 2. The van der Waals surface area contributed by atoms with Gasteiger partial charge in [0.1, 0.15) is 6.10 Å². The maximum atomic E-state index is 9.85. The van der Waals surface area contributed by atoms with Gasteiger partial charge in [-0.15, -0.1) is 0 Å². The van der Waals surface area contributed by atoms with Gasteiger partial charge < -0.3 is 14.6 Å². The van der Waals surface area contributed by atoms with Crippen molar-refractivity contribution < 1.29 is 14.6 Å². The van der Waals surface area contributed by atoms with E-state index >= 15 is 0 Å². The van der Waals surface area contributed by atoms with E-state index < -0.39 is 6.10 Å². The van der Waals surface area contributed by atoms with Crippen molar-refractivity contribution >= 4 is 0 Å². The summed E-state index contributed by atoms with van der Waals surface area (Å²) in [6.07, 6.45) is -0.351. The Morgan fingerprint density at radius 1 is 1.23 bits per heavy atom. The Hall–Kier alpha value is -0.120. The monoisotopic (exact) mass is 188 g/mol. The fourth-order valence-electron chi connectivity index (χ4n) is 1.86. The van der Waals surface area contributed by atoms with E-state index in [9.17, 15) is 5.11 Å². The normalized spacial score (nSPS) is 46.4. The van der Waals surface area contributed by atoms with Crippen molar-refractivity contribution in [3.05, 3.63) is 0 Å². The van der Waals surface area contributed by atoms with Crippen LogP contribution in [0.25, 0.3) is 0 Å². The van der Waals surface area contributed by atoms with Gasteiger partial charge in [0.15, 0.2) is 0 Å². The second-order valence-electron chi connectivity index (χ2n) is 4.04. The molecule has 1 saturated heterocycles. The van der Waals surface area contributed by atoms with Crippen LogP contribution in [-0.4, -0.2) is 37.1 Å². The molecule has 1 aliphatic rings. The first-order valence-corrected chi connectivity index (χ1v) is 4.90. The topological polar surface area (TPSA) is 38.7 Å². The molecule has 1 fully saturated rings. The molecule has 0 aromatic heterocycles. The summed E-state index contributed by atoms with van der Waals surface area (Å²) in [5, 5.41) is 9.85. The molecule has 0 aromatic rings. The van der Waals surface area contributed by atoms with Crippen molar-refractivity contribution in [3.8, 4) is 0 Å². The van der Waals surface area contributed by atoms with Gasteiger partial charge in [0, 0.05) is 7.11 Å². The number of methoxy groups -OCH3 is 1. The Balaban J connectivity index is 2.59. The first kappa shape index (κ1) is 11.0. The van der Waals surface area contributed by atoms with Gasteiger partial charge in [0.05, 0.1) is 18.8 Å². The third-order valence-electron chi connectivity index (χ3n) is 3.21. The number of hydrogen-bond donors (Lipinski definition) is 1. The SMILES string of the molecule is COCC1OC(C)C(C)C(C)C1O. The van der Waals surface area contributed by atoms with E-state index in [-0.39, 0.29) is 18.1 Å². The van der Waals surface area contributed by atoms with Crippen LogP contribution in [-0.2, 0) is 9.47 Å². The van der Waals surface area contributed by atoms with Crippen LogP contribution in [0.2, 0.25) is 0 Å². The highest BCUT2D eigenvalue weighted by molar-refractivity contribution is 4.86. The summed E-state index contributed by atoms with van der Waals surface area (Å²) in [5.74, 6) is 0.687. The molecular formula is C10H20O3. The first-order valence-electron chi connectivity index (χ1n) is 4.90. The number of rotatable bonds is 2. The second-order valence-corrected chi connectivity index (χ2v) is 4.04. The van der Waals surface area contributed by atoms with Gasteiger partial charge in [-0.3, -0.25) is 0 Å². The molecule has 1 heterocycles. The minimum Gasteiger partial charge on any atom is -0.390 e. The highest BCUT2D eigenvalue weighted by Gasteiger charge is 2.38. The summed E-state index contributed by atoms with van der Waals surface area (Å²) < 4.78 is 10.6. The lowest BCUT2D eigenvalue weighted by Gasteiger charge is -2.41. The fraction of sp³-hybridized carbons (Fsp3) is 1.00. The predicted octanol–water partition coefficient (Wildman–Crippen LogP) is 1.05. The Bertz CT molecular complexity index is 160. The summed E-state index contributed by atoms with van der Waals surface area (Å²) in [6, 6.07) is 0. The third-order valence-corrected chi connectivity index (χ3v) is 3.21. The van der Waals surface area contributed by atoms with Crippen molar-refractivity contribution in [2.24, 2.45) is 11.8 Å². The summed E-state index contributed by atoms with van der Waals surface area (Å²) in [6.45, 7) is 6.71. The van der Waals surface area contributed by atoms with Crippen LogP contribution >= 0.6 is 0 Å². The average Bonchev–Trinajstić information content (AvgIpc) is 2.11. The minimum absolute atomic E-state index is 0.161. The second kappa shape index (κ2) is 4.40. The molecule has 1 N–H and O–H groups in total. The lowest BCUT2D eigenvalue weighted by Crippen LogP contribution is -2.49. The van der Waals surface area contributed by atoms with Gasteiger partial charge in [0.2, 0.25) is 0 Å². The van der Waals surface area contributed by atoms with Crippen LogP contribution in [0.3, 0.4) is 0 Å². The lowest BCUT2D eigenvalue weighted by molar-refractivity contribution is -0.177. The lowest BCUT2D eigenvalue weighted by atomic mass is 9.82. The summed E-state index contributed by atoms with van der Waals surface area (Å²) in [7, 11) is 1.63. The van der Waals surface area contributed by atoms with Gasteiger partial charge >= 0.3 is 0 Å². The number of hydrogen-bond acceptors (Lipinski definition) is 3. The summed E-state index contributed by atoms with van der Waals surface area (Å²) in [4.78, 5) is 0. The van der Waals surface area contributed by atoms with Gasteiger partial charge in [-0.05, 0) is 18.8 Å². The van der Waals surface area contributed by atoms with Crippen LogP contribution in [0.15, 0.2) is 0 Å². The van der Waals surface area contributed by atoms with E-state index in [0.29, 0.717) is 12.5 Å². The Labute approximate surface area is 80.0 Å². The molecule has 3 heteroatoms. The smallest absolute Gasteiger partial charge is 0.107 e. The van der Waals surface area contributed by atoms with Crippen molar-refractivity contribution in [2.75, 3.05) is 13.7 Å². The maximum Gasteiger partial charge on any atom is 0.107 e. The van der Waals surface area contributed by atoms with E-state index in [4.69, 9.17) is 9.47 Å². The van der Waals surface area contributed by atoms with Crippen LogP contribution < -0.4 is 0 Å². The standard InChI is InChI=1S/C10H20O3/c1-6-7(2)10(11)9(5-12-4)13-8(6)3/h6-11H,5H2,1-4H3. The maximum absolute atomic E-state index is 9.85. The Morgan fingerprint density at radius 2 is 1.85 bits per heavy atom. The van der Waals surface area contributed by atoms with Crippen molar-refractivity contribution in [1.82, 2.24) is 0 Å². The van der Waals surface area contributed by atoms with Crippen molar-refractivity contribution in [2.45, 2.75) is 39.1 Å². The number of aliphatic hydroxyl groups excluding tert-OH is 1. The average molecular weight is 188 g/mol. The summed E-state index contributed by atoms with van der Waals surface area (Å²) >= 11 is 0. The molecule has 1 rings (SSSR count). The molecule has 78 valence electrons. The van der Waals surface area contributed by atoms with Gasteiger partial charge in [0.25, 0.3) is 0 Å². The summed E-state index contributed by atoms with van der Waals surface area (Å²) in [5.41, 5.74) is 0. The Morgan fingerprint density at radius 3 is 2.38 bits per heavy atom. The highest BCUT2D eigenvalue weighted by Crippen LogP contribution is 2.30. The molecule has 3 nitrogen and oxygen atoms in total. The van der Waals surface area contributed by atoms with Crippen LogP contribution in [0.5, 0.6) is 0 Å². The molecule has 5 unspecified atom stereocenters. The first-order chi connectivity index (χ1) is 6.07. The molecule has 0 radical (unpaired) electrons. The fourth-order valence-corrected chi connectivity index (χ4v) is 1.86. The minimum atomic E-state index is -0.397. The van der Waals surface area contributed by atoms with Gasteiger partial charge in [-0.2, -0.15) is 0 Å². The Kier molecular flexibility index (Phi) is 3.71. The largest absolute Gasteiger partial charge is 0.390 e. The highest BCUT2D eigenvalue weighted by atomic mass is 16.5. The van der Waals surface area contributed by atoms with E-state index in [1.165, 1.54) is 0 Å². The number of aliphatic hydroxyl groups is 1. The third kappa shape index (κ3) is 2.22. The zero-order valence-electron chi connectivity index (χ0n) is 8.86. The van der Waals surface area contributed by atoms with Gasteiger partial charge in [-0.25, -0.2) is 0 Å². The zero-order valence-corrected chi connectivity index (χ0v) is 8.86. The van der Waals surface area contributed by atoms with Crippen LogP contribution in [0.4, 0.5) is 0 Å². The van der Waals surface area contributed by atoms with E-state index in [1.54, 1.807) is 7.11 Å². The van der Waals surface area contributed by atoms with E-state index in [0.717, 1.165) is 0 Å². The van der Waals surface area contributed by atoms with Crippen LogP contribution in [0, 0.1) is 11.8 Å². The molecule has 0 amide bonds. The van der Waals surface area contributed by atoms with Gasteiger partial charge in [-0.1, -0.05) is 13.8 Å².